The summed E-state index contributed by atoms with van der Waals surface area (Å²) in [6, 6.07) is 0. The quantitative estimate of drug-likeness (QED) is 0.563. The van der Waals surface area contributed by atoms with Crippen molar-refractivity contribution in [1.82, 2.24) is 14.4 Å². The number of rotatable bonds is 0. The smallest absolute Gasteiger partial charge is 0.155 e. The molecule has 0 atom stereocenters. The van der Waals surface area contributed by atoms with Crippen molar-refractivity contribution in [1.29, 1.82) is 0 Å². The number of fused-ring (bicyclic) bond motifs is 1. The summed E-state index contributed by atoms with van der Waals surface area (Å²) >= 11 is 0. The summed E-state index contributed by atoms with van der Waals surface area (Å²) in [5.41, 5.74) is 3.19. The summed E-state index contributed by atoms with van der Waals surface area (Å²) in [6.07, 6.45) is 5.45. The highest BCUT2D eigenvalue weighted by molar-refractivity contribution is 5.38. The van der Waals surface area contributed by atoms with E-state index in [2.05, 4.69) is 14.4 Å². The van der Waals surface area contributed by atoms with Crippen LogP contribution in [0.1, 0.15) is 11.4 Å². The first-order chi connectivity index (χ1) is 5.29. The van der Waals surface area contributed by atoms with Crippen LogP contribution in [0.4, 0.5) is 0 Å². The van der Waals surface area contributed by atoms with Gasteiger partial charge < -0.3 is 0 Å². The maximum Gasteiger partial charge on any atom is 0.155 e. The van der Waals surface area contributed by atoms with Crippen molar-refractivity contribution >= 4 is 5.65 Å². The third-order valence-corrected chi connectivity index (χ3v) is 1.77. The van der Waals surface area contributed by atoms with Gasteiger partial charge in [0.15, 0.2) is 5.65 Å². The third-order valence-electron chi connectivity index (χ3n) is 1.77. The Bertz CT molecular complexity index is 389. The molecule has 56 valence electrons. The van der Waals surface area contributed by atoms with Crippen LogP contribution in [-0.2, 0) is 0 Å². The second-order valence-corrected chi connectivity index (χ2v) is 2.64. The number of imidazole rings is 1. The van der Waals surface area contributed by atoms with Gasteiger partial charge >= 0.3 is 0 Å². The van der Waals surface area contributed by atoms with Crippen LogP contribution < -0.4 is 0 Å². The molecule has 0 aliphatic rings. The SMILES string of the molecule is Cc1cncc2ncc(C)n12. The Hall–Kier alpha value is -1.38. The molecule has 0 fully saturated rings. The first-order valence-electron chi connectivity index (χ1n) is 3.54. The molecule has 0 N–H and O–H groups in total. The van der Waals surface area contributed by atoms with E-state index in [1.165, 1.54) is 0 Å². The zero-order chi connectivity index (χ0) is 7.84. The molecule has 0 amide bonds. The Morgan fingerprint density at radius 3 is 2.55 bits per heavy atom. The van der Waals surface area contributed by atoms with Crippen LogP contribution in [0.3, 0.4) is 0 Å². The molecule has 0 aliphatic heterocycles. The van der Waals surface area contributed by atoms with E-state index in [1.54, 1.807) is 6.20 Å². The zero-order valence-electron chi connectivity index (χ0n) is 6.57. The summed E-state index contributed by atoms with van der Waals surface area (Å²) in [6.45, 7) is 4.06. The molecule has 2 aromatic heterocycles. The molecule has 0 spiro atoms. The third kappa shape index (κ3) is 0.808. The lowest BCUT2D eigenvalue weighted by atomic mass is 10.4. The topological polar surface area (TPSA) is 30.2 Å². The van der Waals surface area contributed by atoms with Gasteiger partial charge in [-0.3, -0.25) is 9.38 Å². The van der Waals surface area contributed by atoms with Gasteiger partial charge in [-0.2, -0.15) is 0 Å². The normalized spacial score (nSPS) is 10.7. The van der Waals surface area contributed by atoms with Crippen LogP contribution in [0, 0.1) is 13.8 Å². The molecule has 3 nitrogen and oxygen atoms in total. The van der Waals surface area contributed by atoms with Crippen molar-refractivity contribution in [3.8, 4) is 0 Å². The molecular formula is C8H9N3. The number of aromatic nitrogens is 3. The zero-order valence-corrected chi connectivity index (χ0v) is 6.57. The number of hydrogen-bond acceptors (Lipinski definition) is 2. The van der Waals surface area contributed by atoms with Crippen LogP contribution in [0.15, 0.2) is 18.6 Å². The van der Waals surface area contributed by atoms with E-state index in [4.69, 9.17) is 0 Å². The molecule has 2 rings (SSSR count). The second-order valence-electron chi connectivity index (χ2n) is 2.64. The monoisotopic (exact) mass is 147 g/mol. The maximum absolute atomic E-state index is 4.18. The maximum atomic E-state index is 4.18. The summed E-state index contributed by atoms with van der Waals surface area (Å²) in [5.74, 6) is 0. The highest BCUT2D eigenvalue weighted by Crippen LogP contribution is 2.06. The standard InChI is InChI=1S/C8H9N3/c1-6-3-9-5-8-10-4-7(2)11(6)8/h3-5H,1-2H3. The molecule has 0 aromatic carbocycles. The van der Waals surface area contributed by atoms with Gasteiger partial charge in [0.1, 0.15) is 0 Å². The largest absolute Gasteiger partial charge is 0.299 e. The highest BCUT2D eigenvalue weighted by atomic mass is 15.0. The Morgan fingerprint density at radius 1 is 1.09 bits per heavy atom. The van der Waals surface area contributed by atoms with Gasteiger partial charge in [-0.05, 0) is 13.8 Å². The van der Waals surface area contributed by atoms with Gasteiger partial charge in [-0.15, -0.1) is 0 Å². The van der Waals surface area contributed by atoms with Crippen LogP contribution in [0.2, 0.25) is 0 Å². The van der Waals surface area contributed by atoms with E-state index >= 15 is 0 Å². The molecule has 11 heavy (non-hydrogen) atoms. The minimum atomic E-state index is 0.919. The first-order valence-corrected chi connectivity index (χ1v) is 3.54. The molecule has 0 radical (unpaired) electrons. The first kappa shape index (κ1) is 6.34. The van der Waals surface area contributed by atoms with Crippen molar-refractivity contribution < 1.29 is 0 Å². The average Bonchev–Trinajstić information content (AvgIpc) is 2.34. The summed E-state index contributed by atoms with van der Waals surface area (Å²) < 4.78 is 2.08. The average molecular weight is 147 g/mol. The fraction of sp³-hybridized carbons (Fsp3) is 0.250. The second kappa shape index (κ2) is 2.05. The highest BCUT2D eigenvalue weighted by Gasteiger charge is 1.99. The van der Waals surface area contributed by atoms with Crippen molar-refractivity contribution in [2.24, 2.45) is 0 Å². The van der Waals surface area contributed by atoms with Gasteiger partial charge in [-0.1, -0.05) is 0 Å². The molecule has 0 aliphatic carbocycles. The fourth-order valence-corrected chi connectivity index (χ4v) is 1.28. The lowest BCUT2D eigenvalue weighted by Gasteiger charge is -1.98. The van der Waals surface area contributed by atoms with E-state index in [9.17, 15) is 0 Å². The van der Waals surface area contributed by atoms with Gasteiger partial charge in [0.25, 0.3) is 0 Å². The van der Waals surface area contributed by atoms with E-state index < -0.39 is 0 Å². The fourth-order valence-electron chi connectivity index (χ4n) is 1.28. The van der Waals surface area contributed by atoms with E-state index in [0.717, 1.165) is 17.0 Å². The molecule has 0 bridgehead atoms. The van der Waals surface area contributed by atoms with Gasteiger partial charge in [-0.25, -0.2) is 4.98 Å². The predicted octanol–water partition coefficient (Wildman–Crippen LogP) is 1.35. The molecule has 2 aromatic rings. The van der Waals surface area contributed by atoms with Gasteiger partial charge in [0.2, 0.25) is 0 Å². The lowest BCUT2D eigenvalue weighted by molar-refractivity contribution is 1.01. The predicted molar refractivity (Wildman–Crippen MR) is 42.5 cm³/mol. The molecular weight excluding hydrogens is 138 g/mol. The Labute approximate surface area is 64.7 Å². The Kier molecular flexibility index (Phi) is 1.18. The minimum absolute atomic E-state index is 0.919. The van der Waals surface area contributed by atoms with Gasteiger partial charge in [0, 0.05) is 23.8 Å². The molecule has 0 unspecified atom stereocenters. The molecule has 2 heterocycles. The molecule has 0 saturated heterocycles. The molecule has 0 saturated carbocycles. The van der Waals surface area contributed by atoms with Crippen molar-refractivity contribution in [3.63, 3.8) is 0 Å². The van der Waals surface area contributed by atoms with Crippen LogP contribution in [0.25, 0.3) is 5.65 Å². The lowest BCUT2D eigenvalue weighted by Crippen LogP contribution is -1.93. The van der Waals surface area contributed by atoms with Crippen molar-refractivity contribution in [2.45, 2.75) is 13.8 Å². The minimum Gasteiger partial charge on any atom is -0.299 e. The van der Waals surface area contributed by atoms with Crippen LogP contribution in [0.5, 0.6) is 0 Å². The van der Waals surface area contributed by atoms with Crippen molar-refractivity contribution in [2.75, 3.05) is 0 Å². The van der Waals surface area contributed by atoms with Crippen LogP contribution in [-0.4, -0.2) is 14.4 Å². The van der Waals surface area contributed by atoms with Gasteiger partial charge in [0.05, 0.1) is 6.20 Å². The Balaban J connectivity index is 2.96. The molecule has 3 heteroatoms. The van der Waals surface area contributed by atoms with Crippen LogP contribution >= 0.6 is 0 Å². The Morgan fingerprint density at radius 2 is 1.82 bits per heavy atom. The summed E-state index contributed by atoms with van der Waals surface area (Å²) in [4.78, 5) is 8.22. The summed E-state index contributed by atoms with van der Waals surface area (Å²) in [7, 11) is 0. The van der Waals surface area contributed by atoms with E-state index in [1.807, 2.05) is 26.2 Å². The van der Waals surface area contributed by atoms with Crippen molar-refractivity contribution in [3.05, 3.63) is 30.0 Å². The number of hydrogen-bond donors (Lipinski definition) is 0. The number of aryl methyl sites for hydroxylation is 2. The number of nitrogens with zero attached hydrogens (tertiary/aromatic N) is 3. The van der Waals surface area contributed by atoms with E-state index in [-0.39, 0.29) is 0 Å². The summed E-state index contributed by atoms with van der Waals surface area (Å²) in [5, 5.41) is 0. The van der Waals surface area contributed by atoms with E-state index in [0.29, 0.717) is 0 Å².